The monoisotopic (exact) mass is 411 g/mol. The van der Waals surface area contributed by atoms with Gasteiger partial charge in [-0.15, -0.1) is 0 Å². The molecule has 0 fully saturated rings. The number of aromatic nitrogens is 2. The number of benzene rings is 2. The lowest BCUT2D eigenvalue weighted by Crippen LogP contribution is -2.11. The first kappa shape index (κ1) is 16.4. The lowest BCUT2D eigenvalue weighted by molar-refractivity contribution is -0.0506. The molecule has 4 nitrogen and oxygen atoms in total. The van der Waals surface area contributed by atoms with E-state index in [-0.39, 0.29) is 17.8 Å². The van der Waals surface area contributed by atoms with Crippen molar-refractivity contribution < 1.29 is 17.9 Å². The number of imidazole rings is 1. The second-order valence-corrected chi connectivity index (χ2v) is 6.72. The van der Waals surface area contributed by atoms with Gasteiger partial charge in [-0.1, -0.05) is 18.2 Å². The minimum atomic E-state index is -2.92. The van der Waals surface area contributed by atoms with E-state index in [1.165, 1.54) is 12.1 Å². The van der Waals surface area contributed by atoms with Crippen LogP contribution in [-0.4, -0.2) is 16.2 Å². The Kier molecular flexibility index (Phi) is 3.96. The molecule has 1 aromatic heterocycles. The average Bonchev–Trinajstić information content (AvgIpc) is 3.06. The Bertz CT molecular complexity index is 960. The van der Waals surface area contributed by atoms with E-state index in [2.05, 4.69) is 25.7 Å². The zero-order valence-electron chi connectivity index (χ0n) is 12.8. The van der Waals surface area contributed by atoms with Crippen molar-refractivity contribution in [1.29, 1.82) is 0 Å². The van der Waals surface area contributed by atoms with E-state index < -0.39 is 12.4 Å². The second kappa shape index (κ2) is 6.03. The van der Waals surface area contributed by atoms with E-state index >= 15 is 0 Å². The SMILES string of the molecule is N[C@@H]1C[C@H](c2ccccc2OC(F)F)n2c1nc1cc(F)c(Br)cc12. The molecule has 0 saturated carbocycles. The average molecular weight is 412 g/mol. The van der Waals surface area contributed by atoms with Crippen molar-refractivity contribution in [3.8, 4) is 5.75 Å². The maximum atomic E-state index is 13.8. The maximum absolute atomic E-state index is 13.8. The van der Waals surface area contributed by atoms with Gasteiger partial charge in [0.15, 0.2) is 0 Å². The summed E-state index contributed by atoms with van der Waals surface area (Å²) in [5, 5.41) is 0. The predicted molar refractivity (Wildman–Crippen MR) is 90.1 cm³/mol. The Morgan fingerprint density at radius 2 is 2.04 bits per heavy atom. The summed E-state index contributed by atoms with van der Waals surface area (Å²) in [6.07, 6.45) is 0.497. The quantitative estimate of drug-likeness (QED) is 0.688. The van der Waals surface area contributed by atoms with E-state index in [9.17, 15) is 13.2 Å². The van der Waals surface area contributed by atoms with Crippen LogP contribution in [0.3, 0.4) is 0 Å². The highest BCUT2D eigenvalue weighted by molar-refractivity contribution is 9.10. The van der Waals surface area contributed by atoms with Gasteiger partial charge in [0.1, 0.15) is 17.4 Å². The van der Waals surface area contributed by atoms with Crippen molar-refractivity contribution in [2.75, 3.05) is 0 Å². The van der Waals surface area contributed by atoms with Crippen LogP contribution < -0.4 is 10.5 Å². The number of hydrogen-bond donors (Lipinski definition) is 1. The van der Waals surface area contributed by atoms with E-state index in [1.54, 1.807) is 24.3 Å². The number of hydrogen-bond acceptors (Lipinski definition) is 3. The first-order valence-electron chi connectivity index (χ1n) is 7.62. The molecule has 8 heteroatoms. The summed E-state index contributed by atoms with van der Waals surface area (Å²) >= 11 is 3.18. The smallest absolute Gasteiger partial charge is 0.387 e. The Hall–Kier alpha value is -2.06. The third-order valence-electron chi connectivity index (χ3n) is 4.37. The molecule has 1 aliphatic rings. The van der Waals surface area contributed by atoms with Crippen LogP contribution in [0.2, 0.25) is 0 Å². The molecule has 1 aliphatic heterocycles. The second-order valence-electron chi connectivity index (χ2n) is 5.87. The lowest BCUT2D eigenvalue weighted by atomic mass is 10.0. The molecule has 2 aromatic carbocycles. The van der Waals surface area contributed by atoms with Gasteiger partial charge in [-0.3, -0.25) is 0 Å². The van der Waals surface area contributed by atoms with Crippen LogP contribution in [0.4, 0.5) is 13.2 Å². The summed E-state index contributed by atoms with van der Waals surface area (Å²) in [5.41, 5.74) is 7.94. The third kappa shape index (κ3) is 2.69. The highest BCUT2D eigenvalue weighted by Gasteiger charge is 2.35. The summed E-state index contributed by atoms with van der Waals surface area (Å²) in [4.78, 5) is 4.43. The zero-order chi connectivity index (χ0) is 17.7. The highest BCUT2D eigenvalue weighted by Crippen LogP contribution is 2.43. The van der Waals surface area contributed by atoms with Gasteiger partial charge in [0.25, 0.3) is 0 Å². The Balaban J connectivity index is 1.90. The molecule has 3 aromatic rings. The minimum Gasteiger partial charge on any atom is -0.434 e. The Morgan fingerprint density at radius 1 is 1.28 bits per heavy atom. The van der Waals surface area contributed by atoms with Crippen molar-refractivity contribution >= 4 is 27.0 Å². The van der Waals surface area contributed by atoms with E-state index in [1.807, 2.05) is 4.57 Å². The van der Waals surface area contributed by atoms with Crippen molar-refractivity contribution in [2.24, 2.45) is 5.73 Å². The van der Waals surface area contributed by atoms with Gasteiger partial charge in [-0.05, 0) is 34.5 Å². The van der Waals surface area contributed by atoms with E-state index in [0.717, 1.165) is 0 Å². The topological polar surface area (TPSA) is 53.1 Å². The fourth-order valence-corrected chi connectivity index (χ4v) is 3.71. The summed E-state index contributed by atoms with van der Waals surface area (Å²) in [5.74, 6) is 0.283. The fourth-order valence-electron chi connectivity index (χ4n) is 3.37. The number of alkyl halides is 2. The van der Waals surface area contributed by atoms with Crippen LogP contribution in [0, 0.1) is 5.82 Å². The van der Waals surface area contributed by atoms with Crippen LogP contribution >= 0.6 is 15.9 Å². The normalized spacial score (nSPS) is 19.6. The molecule has 2 atom stereocenters. The molecule has 0 amide bonds. The van der Waals surface area contributed by atoms with E-state index in [0.29, 0.717) is 33.3 Å². The maximum Gasteiger partial charge on any atom is 0.387 e. The first-order chi connectivity index (χ1) is 12.0. The number of nitrogens with two attached hydrogens (primary N) is 1. The molecular weight excluding hydrogens is 399 g/mol. The van der Waals surface area contributed by atoms with Crippen molar-refractivity contribution in [1.82, 2.24) is 9.55 Å². The zero-order valence-corrected chi connectivity index (χ0v) is 14.4. The molecule has 0 aliphatic carbocycles. The molecule has 4 rings (SSSR count). The highest BCUT2D eigenvalue weighted by atomic mass is 79.9. The van der Waals surface area contributed by atoms with Crippen molar-refractivity contribution in [2.45, 2.75) is 25.1 Å². The van der Waals surface area contributed by atoms with Gasteiger partial charge in [-0.2, -0.15) is 8.78 Å². The van der Waals surface area contributed by atoms with Gasteiger partial charge < -0.3 is 15.0 Å². The van der Waals surface area contributed by atoms with E-state index in [4.69, 9.17) is 5.73 Å². The molecule has 0 unspecified atom stereocenters. The van der Waals surface area contributed by atoms with Crippen LogP contribution in [0.25, 0.3) is 11.0 Å². The number of para-hydroxylation sites is 1. The molecule has 2 N–H and O–H groups in total. The van der Waals surface area contributed by atoms with Gasteiger partial charge >= 0.3 is 6.61 Å². The first-order valence-corrected chi connectivity index (χ1v) is 8.41. The summed E-state index contributed by atoms with van der Waals surface area (Å²) in [7, 11) is 0. The Morgan fingerprint density at radius 3 is 2.80 bits per heavy atom. The summed E-state index contributed by atoms with van der Waals surface area (Å²) < 4.78 is 46.1. The third-order valence-corrected chi connectivity index (χ3v) is 4.98. The molecule has 130 valence electrons. The molecule has 0 spiro atoms. The number of rotatable bonds is 3. The lowest BCUT2D eigenvalue weighted by Gasteiger charge is -2.19. The number of ether oxygens (including phenoxy) is 1. The van der Waals surface area contributed by atoms with Crippen LogP contribution in [0.1, 0.15) is 29.9 Å². The summed E-state index contributed by atoms with van der Waals surface area (Å²) in [6.45, 7) is -2.92. The largest absolute Gasteiger partial charge is 0.434 e. The van der Waals surface area contributed by atoms with Crippen LogP contribution in [-0.2, 0) is 0 Å². The number of halogens is 4. The van der Waals surface area contributed by atoms with Crippen LogP contribution in [0.5, 0.6) is 5.75 Å². The summed E-state index contributed by atoms with van der Waals surface area (Å²) in [6, 6.07) is 8.88. The minimum absolute atomic E-state index is 0.102. The Labute approximate surface area is 149 Å². The molecule has 0 bridgehead atoms. The number of nitrogens with zero attached hydrogens (tertiary/aromatic N) is 2. The van der Waals surface area contributed by atoms with Gasteiger partial charge in [0.05, 0.1) is 27.6 Å². The van der Waals surface area contributed by atoms with Crippen molar-refractivity contribution in [3.05, 3.63) is 58.1 Å². The van der Waals surface area contributed by atoms with Gasteiger partial charge in [-0.25, -0.2) is 9.37 Å². The van der Waals surface area contributed by atoms with Crippen molar-refractivity contribution in [3.63, 3.8) is 0 Å². The standard InChI is InChI=1S/C17H13BrF3N3O/c18-9-5-14-12(6-10(9)19)23-16-11(22)7-13(24(14)16)8-3-1-2-4-15(8)25-17(20)21/h1-6,11,13,17H,7,22H2/t11-,13-/m1/s1. The molecule has 25 heavy (non-hydrogen) atoms. The molecule has 0 radical (unpaired) electrons. The van der Waals surface area contributed by atoms with Gasteiger partial charge in [0.2, 0.25) is 0 Å². The van der Waals surface area contributed by atoms with Crippen LogP contribution in [0.15, 0.2) is 40.9 Å². The van der Waals surface area contributed by atoms with Gasteiger partial charge in [0, 0.05) is 11.6 Å². The predicted octanol–water partition coefficient (Wildman–Crippen LogP) is 4.53. The molecule has 0 saturated heterocycles. The fraction of sp³-hybridized carbons (Fsp3) is 0.235. The number of fused-ring (bicyclic) bond motifs is 3. The molecule has 2 heterocycles. The molecular formula is C17H13BrF3N3O.